The molecule has 0 aliphatic rings. The molecule has 0 aliphatic heterocycles. The molecular formula is C20H24N4O4. The standard InChI is InChI=1S/C20H24N4O4/c1-13-10-17(15(3)24(13)18-11-14(2)28-23-18)19(25)22-12-16-6-5-7-21-20(16)27-9-8-26-4/h5-7,10-11H,8-9,12H2,1-4H3,(H,22,25). The summed E-state index contributed by atoms with van der Waals surface area (Å²) in [7, 11) is 1.61. The first-order valence-corrected chi connectivity index (χ1v) is 8.97. The fourth-order valence-electron chi connectivity index (χ4n) is 2.98. The van der Waals surface area contributed by atoms with Gasteiger partial charge in [0.2, 0.25) is 5.88 Å². The summed E-state index contributed by atoms with van der Waals surface area (Å²) in [5, 5.41) is 6.98. The molecule has 28 heavy (non-hydrogen) atoms. The first kappa shape index (κ1) is 19.6. The minimum absolute atomic E-state index is 0.175. The van der Waals surface area contributed by atoms with Crippen LogP contribution in [0.2, 0.25) is 0 Å². The molecule has 0 saturated heterocycles. The number of nitrogens with one attached hydrogen (secondary N) is 1. The van der Waals surface area contributed by atoms with E-state index in [-0.39, 0.29) is 5.91 Å². The molecular weight excluding hydrogens is 360 g/mol. The van der Waals surface area contributed by atoms with Gasteiger partial charge >= 0.3 is 0 Å². The van der Waals surface area contributed by atoms with Crippen molar-refractivity contribution in [2.45, 2.75) is 27.3 Å². The number of hydrogen-bond donors (Lipinski definition) is 1. The van der Waals surface area contributed by atoms with Gasteiger partial charge in [-0.05, 0) is 32.9 Å². The van der Waals surface area contributed by atoms with Gasteiger partial charge in [-0.3, -0.25) is 9.36 Å². The molecule has 148 valence electrons. The maximum Gasteiger partial charge on any atom is 0.253 e. The van der Waals surface area contributed by atoms with Crippen molar-refractivity contribution in [2.75, 3.05) is 20.3 Å². The van der Waals surface area contributed by atoms with Crippen LogP contribution in [0.4, 0.5) is 0 Å². The molecule has 0 fully saturated rings. The lowest BCUT2D eigenvalue weighted by Gasteiger charge is -2.11. The maximum absolute atomic E-state index is 12.8. The molecule has 8 nitrogen and oxygen atoms in total. The van der Waals surface area contributed by atoms with E-state index in [2.05, 4.69) is 15.5 Å². The molecule has 3 heterocycles. The predicted molar refractivity (Wildman–Crippen MR) is 103 cm³/mol. The van der Waals surface area contributed by atoms with E-state index in [0.717, 1.165) is 17.0 Å². The Bertz CT molecular complexity index is 961. The zero-order valence-electron chi connectivity index (χ0n) is 16.5. The Labute approximate surface area is 163 Å². The highest BCUT2D eigenvalue weighted by atomic mass is 16.5. The molecule has 0 bridgehead atoms. The average Bonchev–Trinajstić information content (AvgIpc) is 3.23. The van der Waals surface area contributed by atoms with Gasteiger partial charge in [-0.2, -0.15) is 0 Å². The fraction of sp³-hybridized carbons (Fsp3) is 0.350. The van der Waals surface area contributed by atoms with Crippen molar-refractivity contribution in [3.8, 4) is 11.7 Å². The summed E-state index contributed by atoms with van der Waals surface area (Å²) in [6.45, 7) is 6.81. The number of pyridine rings is 1. The summed E-state index contributed by atoms with van der Waals surface area (Å²) in [6, 6.07) is 7.36. The first-order chi connectivity index (χ1) is 13.5. The predicted octanol–water partition coefficient (Wildman–Crippen LogP) is 2.74. The number of methoxy groups -OCH3 is 1. The molecule has 0 radical (unpaired) electrons. The number of rotatable bonds is 8. The topological polar surface area (TPSA) is 91.4 Å². The van der Waals surface area contributed by atoms with Crippen molar-refractivity contribution >= 4 is 5.91 Å². The summed E-state index contributed by atoms with van der Waals surface area (Å²) < 4.78 is 17.7. The number of aromatic nitrogens is 3. The Morgan fingerprint density at radius 1 is 1.25 bits per heavy atom. The minimum Gasteiger partial charge on any atom is -0.475 e. The van der Waals surface area contributed by atoms with Crippen LogP contribution in [-0.4, -0.2) is 40.9 Å². The second-order valence-corrected chi connectivity index (χ2v) is 6.41. The van der Waals surface area contributed by atoms with Crippen molar-refractivity contribution in [3.63, 3.8) is 0 Å². The van der Waals surface area contributed by atoms with E-state index in [9.17, 15) is 4.79 Å². The van der Waals surface area contributed by atoms with Crippen LogP contribution in [-0.2, 0) is 11.3 Å². The van der Waals surface area contributed by atoms with Crippen molar-refractivity contribution < 1.29 is 18.8 Å². The highest BCUT2D eigenvalue weighted by Crippen LogP contribution is 2.21. The third-order valence-corrected chi connectivity index (χ3v) is 4.34. The number of amides is 1. The molecule has 1 amide bonds. The van der Waals surface area contributed by atoms with Gasteiger partial charge in [-0.25, -0.2) is 4.98 Å². The molecule has 8 heteroatoms. The lowest BCUT2D eigenvalue weighted by molar-refractivity contribution is 0.0949. The number of nitrogens with zero attached hydrogens (tertiary/aromatic N) is 3. The third-order valence-electron chi connectivity index (χ3n) is 4.34. The number of hydrogen-bond acceptors (Lipinski definition) is 6. The largest absolute Gasteiger partial charge is 0.475 e. The van der Waals surface area contributed by atoms with Crippen molar-refractivity contribution in [1.29, 1.82) is 0 Å². The summed E-state index contributed by atoms with van der Waals surface area (Å²) in [5.41, 5.74) is 3.09. The number of carbonyl (C=O) groups excluding carboxylic acids is 1. The summed E-state index contributed by atoms with van der Waals surface area (Å²) >= 11 is 0. The van der Waals surface area contributed by atoms with Gasteiger partial charge in [0, 0.05) is 42.9 Å². The van der Waals surface area contributed by atoms with E-state index in [1.165, 1.54) is 0 Å². The summed E-state index contributed by atoms with van der Waals surface area (Å²) in [4.78, 5) is 17.0. The number of aryl methyl sites for hydroxylation is 2. The van der Waals surface area contributed by atoms with Crippen LogP contribution in [0.25, 0.3) is 5.82 Å². The monoisotopic (exact) mass is 384 g/mol. The second kappa shape index (κ2) is 8.71. The van der Waals surface area contributed by atoms with Crippen molar-refractivity contribution in [1.82, 2.24) is 20.0 Å². The Hall–Kier alpha value is -3.13. The lowest BCUT2D eigenvalue weighted by atomic mass is 10.2. The molecule has 0 aromatic carbocycles. The van der Waals surface area contributed by atoms with E-state index in [4.69, 9.17) is 14.0 Å². The van der Waals surface area contributed by atoms with Crippen LogP contribution in [0.5, 0.6) is 5.88 Å². The van der Waals surface area contributed by atoms with Gasteiger partial charge in [-0.15, -0.1) is 0 Å². The van der Waals surface area contributed by atoms with Crippen LogP contribution in [0.3, 0.4) is 0 Å². The van der Waals surface area contributed by atoms with E-state index < -0.39 is 0 Å². The van der Waals surface area contributed by atoms with E-state index in [0.29, 0.717) is 42.8 Å². The Balaban J connectivity index is 1.73. The Morgan fingerprint density at radius 2 is 2.07 bits per heavy atom. The molecule has 1 N–H and O–H groups in total. The Morgan fingerprint density at radius 3 is 2.79 bits per heavy atom. The van der Waals surface area contributed by atoms with E-state index in [1.807, 2.05) is 49.6 Å². The van der Waals surface area contributed by atoms with Crippen LogP contribution in [0.15, 0.2) is 35.0 Å². The van der Waals surface area contributed by atoms with Crippen LogP contribution < -0.4 is 10.1 Å². The van der Waals surface area contributed by atoms with Gasteiger partial charge in [0.1, 0.15) is 12.4 Å². The lowest BCUT2D eigenvalue weighted by Crippen LogP contribution is -2.24. The molecule has 0 spiro atoms. The van der Waals surface area contributed by atoms with Crippen LogP contribution in [0.1, 0.15) is 33.1 Å². The normalized spacial score (nSPS) is 10.9. The quantitative estimate of drug-likeness (QED) is 0.601. The summed E-state index contributed by atoms with van der Waals surface area (Å²) in [6.07, 6.45) is 1.65. The zero-order valence-corrected chi connectivity index (χ0v) is 16.5. The molecule has 3 aromatic rings. The number of ether oxygens (including phenoxy) is 2. The van der Waals surface area contributed by atoms with Crippen molar-refractivity contribution in [3.05, 3.63) is 58.7 Å². The minimum atomic E-state index is -0.175. The second-order valence-electron chi connectivity index (χ2n) is 6.41. The molecule has 0 aliphatic carbocycles. The fourth-order valence-corrected chi connectivity index (χ4v) is 2.98. The van der Waals surface area contributed by atoms with Crippen LogP contribution in [0, 0.1) is 20.8 Å². The molecule has 0 unspecified atom stereocenters. The molecule has 3 rings (SSSR count). The molecule has 0 saturated carbocycles. The smallest absolute Gasteiger partial charge is 0.253 e. The highest BCUT2D eigenvalue weighted by molar-refractivity contribution is 5.95. The SMILES string of the molecule is COCCOc1ncccc1CNC(=O)c1cc(C)n(-c2cc(C)on2)c1C. The summed E-state index contributed by atoms with van der Waals surface area (Å²) in [5.74, 6) is 1.69. The van der Waals surface area contributed by atoms with E-state index >= 15 is 0 Å². The average molecular weight is 384 g/mol. The third kappa shape index (κ3) is 4.23. The van der Waals surface area contributed by atoms with Gasteiger partial charge in [0.25, 0.3) is 5.91 Å². The van der Waals surface area contributed by atoms with Gasteiger partial charge < -0.3 is 19.3 Å². The highest BCUT2D eigenvalue weighted by Gasteiger charge is 2.18. The van der Waals surface area contributed by atoms with Crippen LogP contribution >= 0.6 is 0 Å². The van der Waals surface area contributed by atoms with E-state index in [1.54, 1.807) is 13.3 Å². The zero-order chi connectivity index (χ0) is 20.1. The van der Waals surface area contributed by atoms with Gasteiger partial charge in [0.05, 0.1) is 12.2 Å². The van der Waals surface area contributed by atoms with Gasteiger partial charge in [0.15, 0.2) is 5.82 Å². The Kier molecular flexibility index (Phi) is 6.10. The number of carbonyl (C=O) groups is 1. The first-order valence-electron chi connectivity index (χ1n) is 8.97. The maximum atomic E-state index is 12.8. The molecule has 0 atom stereocenters. The van der Waals surface area contributed by atoms with Crippen molar-refractivity contribution in [2.24, 2.45) is 0 Å². The molecule has 3 aromatic heterocycles. The van der Waals surface area contributed by atoms with Gasteiger partial charge in [-0.1, -0.05) is 11.2 Å².